The van der Waals surface area contributed by atoms with Crippen LogP contribution in [-0.2, 0) is 0 Å². The number of anilines is 1. The van der Waals surface area contributed by atoms with E-state index < -0.39 is 4.92 Å². The van der Waals surface area contributed by atoms with Gasteiger partial charge in [-0.1, -0.05) is 0 Å². The summed E-state index contributed by atoms with van der Waals surface area (Å²) in [7, 11) is 1.71. The van der Waals surface area contributed by atoms with Crippen LogP contribution in [0.15, 0.2) is 18.2 Å². The standard InChI is InChI=1S/C11H14N2O4/c1-8(15)10-4-3-9(12(2)5-6-14)7-11(10)13(16)17/h3-4,7,14H,5-6H2,1-2H3. The number of hydrogen-bond acceptors (Lipinski definition) is 5. The van der Waals surface area contributed by atoms with E-state index in [1.54, 1.807) is 18.0 Å². The van der Waals surface area contributed by atoms with Crippen LogP contribution in [-0.4, -0.2) is 36.0 Å². The number of rotatable bonds is 5. The Labute approximate surface area is 98.6 Å². The lowest BCUT2D eigenvalue weighted by atomic mass is 10.1. The van der Waals surface area contributed by atoms with Gasteiger partial charge in [-0.15, -0.1) is 0 Å². The summed E-state index contributed by atoms with van der Waals surface area (Å²) in [5.74, 6) is -0.340. The van der Waals surface area contributed by atoms with Crippen LogP contribution in [0.1, 0.15) is 17.3 Å². The highest BCUT2D eigenvalue weighted by Crippen LogP contribution is 2.25. The number of carbonyl (C=O) groups excluding carboxylic acids is 1. The van der Waals surface area contributed by atoms with E-state index in [2.05, 4.69) is 0 Å². The van der Waals surface area contributed by atoms with E-state index in [9.17, 15) is 14.9 Å². The molecule has 0 saturated carbocycles. The second-order valence-electron chi connectivity index (χ2n) is 3.66. The van der Waals surface area contributed by atoms with Crippen LogP contribution in [0, 0.1) is 10.1 Å². The predicted molar refractivity (Wildman–Crippen MR) is 63.5 cm³/mol. The van der Waals surface area contributed by atoms with Crippen molar-refractivity contribution in [1.29, 1.82) is 0 Å². The zero-order valence-corrected chi connectivity index (χ0v) is 9.71. The number of ketones is 1. The molecule has 1 rings (SSSR count). The van der Waals surface area contributed by atoms with E-state index in [0.29, 0.717) is 12.2 Å². The van der Waals surface area contributed by atoms with E-state index >= 15 is 0 Å². The summed E-state index contributed by atoms with van der Waals surface area (Å²) >= 11 is 0. The van der Waals surface area contributed by atoms with Gasteiger partial charge in [-0.05, 0) is 19.1 Å². The highest BCUT2D eigenvalue weighted by atomic mass is 16.6. The van der Waals surface area contributed by atoms with Crippen LogP contribution >= 0.6 is 0 Å². The van der Waals surface area contributed by atoms with Gasteiger partial charge in [-0.2, -0.15) is 0 Å². The first-order valence-electron chi connectivity index (χ1n) is 5.08. The maximum atomic E-state index is 11.2. The Kier molecular flexibility index (Phi) is 4.17. The zero-order valence-electron chi connectivity index (χ0n) is 9.71. The third-order valence-corrected chi connectivity index (χ3v) is 2.43. The topological polar surface area (TPSA) is 83.7 Å². The first-order chi connectivity index (χ1) is 7.97. The summed E-state index contributed by atoms with van der Waals surface area (Å²) in [4.78, 5) is 23.2. The van der Waals surface area contributed by atoms with Crippen LogP contribution in [0.2, 0.25) is 0 Å². The van der Waals surface area contributed by atoms with Crippen molar-refractivity contribution in [3.63, 3.8) is 0 Å². The number of nitro groups is 1. The SMILES string of the molecule is CC(=O)c1ccc(N(C)CCO)cc1[N+](=O)[O-]. The van der Waals surface area contributed by atoms with E-state index in [1.165, 1.54) is 19.1 Å². The van der Waals surface area contributed by atoms with Gasteiger partial charge in [0, 0.05) is 25.3 Å². The van der Waals surface area contributed by atoms with Crippen LogP contribution in [0.25, 0.3) is 0 Å². The second-order valence-corrected chi connectivity index (χ2v) is 3.66. The molecule has 0 unspecified atom stereocenters. The molecule has 0 heterocycles. The Bertz CT molecular complexity index is 445. The Morgan fingerprint density at radius 2 is 2.18 bits per heavy atom. The lowest BCUT2D eigenvalue weighted by Crippen LogP contribution is -2.21. The molecule has 6 nitrogen and oxygen atoms in total. The van der Waals surface area contributed by atoms with E-state index in [-0.39, 0.29) is 23.6 Å². The molecule has 0 radical (unpaired) electrons. The molecular weight excluding hydrogens is 224 g/mol. The van der Waals surface area contributed by atoms with Crippen molar-refractivity contribution in [3.05, 3.63) is 33.9 Å². The Morgan fingerprint density at radius 1 is 1.53 bits per heavy atom. The van der Waals surface area contributed by atoms with Crippen LogP contribution in [0.3, 0.4) is 0 Å². The predicted octanol–water partition coefficient (Wildman–Crippen LogP) is 1.23. The van der Waals surface area contributed by atoms with Crippen molar-refractivity contribution < 1.29 is 14.8 Å². The minimum Gasteiger partial charge on any atom is -0.395 e. The third kappa shape index (κ3) is 3.01. The Balaban J connectivity index is 3.18. The van der Waals surface area contributed by atoms with Crippen molar-refractivity contribution in [2.75, 3.05) is 25.1 Å². The molecule has 92 valence electrons. The second kappa shape index (κ2) is 5.40. The highest BCUT2D eigenvalue weighted by molar-refractivity contribution is 5.98. The van der Waals surface area contributed by atoms with Gasteiger partial charge in [0.15, 0.2) is 5.78 Å². The van der Waals surface area contributed by atoms with Crippen molar-refractivity contribution in [2.45, 2.75) is 6.92 Å². The summed E-state index contributed by atoms with van der Waals surface area (Å²) in [6.07, 6.45) is 0. The Morgan fingerprint density at radius 3 is 2.65 bits per heavy atom. The quantitative estimate of drug-likeness (QED) is 0.473. The van der Waals surface area contributed by atoms with Gasteiger partial charge < -0.3 is 10.0 Å². The highest BCUT2D eigenvalue weighted by Gasteiger charge is 2.18. The molecule has 0 aliphatic heterocycles. The fourth-order valence-electron chi connectivity index (χ4n) is 1.49. The van der Waals surface area contributed by atoms with E-state index in [1.807, 2.05) is 0 Å². The van der Waals surface area contributed by atoms with Crippen molar-refractivity contribution >= 4 is 17.2 Å². The molecule has 0 aromatic heterocycles. The van der Waals surface area contributed by atoms with Gasteiger partial charge >= 0.3 is 0 Å². The molecule has 0 bridgehead atoms. The molecule has 6 heteroatoms. The minimum absolute atomic E-state index is 0.0429. The largest absolute Gasteiger partial charge is 0.395 e. The molecule has 1 aromatic rings. The molecule has 0 aliphatic carbocycles. The van der Waals surface area contributed by atoms with Crippen LogP contribution in [0.4, 0.5) is 11.4 Å². The summed E-state index contributed by atoms with van der Waals surface area (Å²) in [6, 6.07) is 4.40. The molecule has 0 atom stereocenters. The third-order valence-electron chi connectivity index (χ3n) is 2.43. The van der Waals surface area contributed by atoms with Gasteiger partial charge in [0.05, 0.1) is 17.1 Å². The van der Waals surface area contributed by atoms with Gasteiger partial charge in [0.1, 0.15) is 0 Å². The molecule has 1 aromatic carbocycles. The molecule has 0 saturated heterocycles. The lowest BCUT2D eigenvalue weighted by Gasteiger charge is -2.17. The number of hydrogen-bond donors (Lipinski definition) is 1. The molecule has 0 amide bonds. The first-order valence-corrected chi connectivity index (χ1v) is 5.08. The number of benzene rings is 1. The molecule has 0 fully saturated rings. The van der Waals surface area contributed by atoms with Crippen LogP contribution in [0.5, 0.6) is 0 Å². The molecule has 0 spiro atoms. The average molecular weight is 238 g/mol. The summed E-state index contributed by atoms with van der Waals surface area (Å²) in [5.41, 5.74) is 0.478. The summed E-state index contributed by atoms with van der Waals surface area (Å²) in [5, 5.41) is 19.6. The fourth-order valence-corrected chi connectivity index (χ4v) is 1.49. The molecular formula is C11H14N2O4. The van der Waals surface area contributed by atoms with Crippen LogP contribution < -0.4 is 4.90 Å². The zero-order chi connectivity index (χ0) is 13.0. The maximum absolute atomic E-state index is 11.2. The molecule has 1 N–H and O–H groups in total. The minimum atomic E-state index is -0.576. The normalized spacial score (nSPS) is 10.1. The summed E-state index contributed by atoms with van der Waals surface area (Å²) in [6.45, 7) is 1.62. The average Bonchev–Trinajstić information content (AvgIpc) is 2.28. The lowest BCUT2D eigenvalue weighted by molar-refractivity contribution is -0.385. The van der Waals surface area contributed by atoms with Gasteiger partial charge in [0.25, 0.3) is 5.69 Å². The van der Waals surface area contributed by atoms with Crippen molar-refractivity contribution in [2.24, 2.45) is 0 Å². The number of nitro benzene ring substituents is 1. The monoisotopic (exact) mass is 238 g/mol. The Hall–Kier alpha value is -1.95. The van der Waals surface area contributed by atoms with Crippen molar-refractivity contribution in [1.82, 2.24) is 0 Å². The molecule has 17 heavy (non-hydrogen) atoms. The number of aliphatic hydroxyl groups is 1. The van der Waals surface area contributed by atoms with Crippen molar-refractivity contribution in [3.8, 4) is 0 Å². The van der Waals surface area contributed by atoms with E-state index in [4.69, 9.17) is 5.11 Å². The number of Topliss-reactive ketones (excluding diaryl/α,β-unsaturated/α-hetero) is 1. The van der Waals surface area contributed by atoms with E-state index in [0.717, 1.165) is 0 Å². The number of carbonyl (C=O) groups is 1. The van der Waals surface area contributed by atoms with Gasteiger partial charge in [0.2, 0.25) is 0 Å². The summed E-state index contributed by atoms with van der Waals surface area (Å²) < 4.78 is 0. The molecule has 0 aliphatic rings. The number of likely N-dealkylation sites (N-methyl/N-ethyl adjacent to an activating group) is 1. The number of nitrogens with zero attached hydrogens (tertiary/aromatic N) is 2. The van der Waals surface area contributed by atoms with Gasteiger partial charge in [-0.25, -0.2) is 0 Å². The maximum Gasteiger partial charge on any atom is 0.282 e. The van der Waals surface area contributed by atoms with Gasteiger partial charge in [-0.3, -0.25) is 14.9 Å². The smallest absolute Gasteiger partial charge is 0.282 e. The number of aliphatic hydroxyl groups excluding tert-OH is 1. The first kappa shape index (κ1) is 13.1. The fraction of sp³-hybridized carbons (Fsp3) is 0.364.